The fourth-order valence-corrected chi connectivity index (χ4v) is 2.28. The molecular formula is C15H14BrFN2O. The van der Waals surface area contributed by atoms with E-state index in [1.54, 1.807) is 36.4 Å². The fourth-order valence-electron chi connectivity index (χ4n) is 1.83. The minimum absolute atomic E-state index is 0.236. The van der Waals surface area contributed by atoms with Gasteiger partial charge >= 0.3 is 0 Å². The average Bonchev–Trinajstić information content (AvgIpc) is 2.44. The van der Waals surface area contributed by atoms with Gasteiger partial charge in [-0.1, -0.05) is 24.3 Å². The van der Waals surface area contributed by atoms with Crippen molar-refractivity contribution in [2.45, 2.75) is 6.42 Å². The molecule has 20 heavy (non-hydrogen) atoms. The zero-order valence-corrected chi connectivity index (χ0v) is 12.3. The molecule has 0 aliphatic carbocycles. The fraction of sp³-hybridized carbons (Fsp3) is 0.133. The number of halogens is 2. The average molecular weight is 337 g/mol. The standard InChI is InChI=1S/C15H14BrFN2O/c16-14-11(5-3-7-13(14)18)15(20)19-9-8-10-4-1-2-6-12(10)17/h1-7H,8-9,18H2,(H,19,20). The molecule has 1 amide bonds. The van der Waals surface area contributed by atoms with Gasteiger partial charge in [0.15, 0.2) is 0 Å². The van der Waals surface area contributed by atoms with E-state index in [4.69, 9.17) is 5.73 Å². The molecule has 0 aliphatic rings. The molecule has 3 nitrogen and oxygen atoms in total. The van der Waals surface area contributed by atoms with Gasteiger partial charge in [0.05, 0.1) is 10.0 Å². The maximum absolute atomic E-state index is 13.4. The van der Waals surface area contributed by atoms with Crippen molar-refractivity contribution in [2.75, 3.05) is 12.3 Å². The highest BCUT2D eigenvalue weighted by atomic mass is 79.9. The van der Waals surface area contributed by atoms with Crippen LogP contribution in [0.3, 0.4) is 0 Å². The first kappa shape index (κ1) is 14.5. The second-order valence-electron chi connectivity index (χ2n) is 4.31. The third kappa shape index (κ3) is 3.36. The molecule has 2 aromatic carbocycles. The first-order chi connectivity index (χ1) is 9.59. The summed E-state index contributed by atoms with van der Waals surface area (Å²) >= 11 is 3.28. The molecule has 2 rings (SSSR count). The number of hydrogen-bond donors (Lipinski definition) is 2. The number of nitrogen functional groups attached to an aromatic ring is 1. The molecule has 3 N–H and O–H groups in total. The third-order valence-corrected chi connectivity index (χ3v) is 3.80. The van der Waals surface area contributed by atoms with Gasteiger partial charge in [-0.3, -0.25) is 4.79 Å². The Bertz CT molecular complexity index is 631. The molecule has 0 spiro atoms. The molecule has 0 heterocycles. The number of nitrogens with two attached hydrogens (primary N) is 1. The van der Waals surface area contributed by atoms with Crippen molar-refractivity contribution >= 4 is 27.5 Å². The van der Waals surface area contributed by atoms with Crippen molar-refractivity contribution in [3.63, 3.8) is 0 Å². The third-order valence-electron chi connectivity index (χ3n) is 2.91. The highest BCUT2D eigenvalue weighted by molar-refractivity contribution is 9.10. The summed E-state index contributed by atoms with van der Waals surface area (Å²) in [4.78, 5) is 12.0. The van der Waals surface area contributed by atoms with Gasteiger partial charge in [0.1, 0.15) is 5.82 Å². The molecule has 0 radical (unpaired) electrons. The topological polar surface area (TPSA) is 55.1 Å². The van der Waals surface area contributed by atoms with Crippen LogP contribution in [0.2, 0.25) is 0 Å². The van der Waals surface area contributed by atoms with Crippen LogP contribution in [0.1, 0.15) is 15.9 Å². The van der Waals surface area contributed by atoms with Gasteiger partial charge in [-0.25, -0.2) is 4.39 Å². The number of amides is 1. The summed E-state index contributed by atoms with van der Waals surface area (Å²) in [5.74, 6) is -0.493. The van der Waals surface area contributed by atoms with Crippen molar-refractivity contribution < 1.29 is 9.18 Å². The number of hydrogen-bond acceptors (Lipinski definition) is 2. The van der Waals surface area contributed by atoms with E-state index >= 15 is 0 Å². The Morgan fingerprint density at radius 2 is 1.95 bits per heavy atom. The van der Waals surface area contributed by atoms with Crippen molar-refractivity contribution in [2.24, 2.45) is 0 Å². The molecule has 0 fully saturated rings. The van der Waals surface area contributed by atoms with Crippen LogP contribution in [0, 0.1) is 5.82 Å². The predicted molar refractivity (Wildman–Crippen MR) is 81.0 cm³/mol. The monoisotopic (exact) mass is 336 g/mol. The Hall–Kier alpha value is -1.88. The molecule has 0 bridgehead atoms. The molecule has 2 aromatic rings. The number of benzene rings is 2. The number of carbonyl (C=O) groups is 1. The zero-order valence-electron chi connectivity index (χ0n) is 10.7. The molecule has 0 aliphatic heterocycles. The van der Waals surface area contributed by atoms with Gasteiger partial charge < -0.3 is 11.1 Å². The molecular weight excluding hydrogens is 323 g/mol. The lowest BCUT2D eigenvalue weighted by atomic mass is 10.1. The van der Waals surface area contributed by atoms with Crippen molar-refractivity contribution in [3.05, 3.63) is 63.9 Å². The van der Waals surface area contributed by atoms with E-state index in [0.717, 1.165) is 0 Å². The van der Waals surface area contributed by atoms with Crippen LogP contribution in [0.4, 0.5) is 10.1 Å². The second kappa shape index (κ2) is 6.52. The highest BCUT2D eigenvalue weighted by Gasteiger charge is 2.11. The van der Waals surface area contributed by atoms with E-state index in [1.165, 1.54) is 6.07 Å². The van der Waals surface area contributed by atoms with E-state index in [-0.39, 0.29) is 11.7 Å². The Kier molecular flexibility index (Phi) is 4.74. The summed E-state index contributed by atoms with van der Waals surface area (Å²) in [6.45, 7) is 0.362. The van der Waals surface area contributed by atoms with Crippen molar-refractivity contribution in [3.8, 4) is 0 Å². The summed E-state index contributed by atoms with van der Waals surface area (Å²) < 4.78 is 14.0. The van der Waals surface area contributed by atoms with Gasteiger partial charge in [-0.05, 0) is 46.1 Å². The zero-order chi connectivity index (χ0) is 14.5. The Balaban J connectivity index is 1.96. The first-order valence-electron chi connectivity index (χ1n) is 6.15. The Morgan fingerprint density at radius 3 is 2.70 bits per heavy atom. The van der Waals surface area contributed by atoms with Gasteiger partial charge in [0, 0.05) is 12.2 Å². The molecule has 104 valence electrons. The van der Waals surface area contributed by atoms with Gasteiger partial charge in [-0.2, -0.15) is 0 Å². The summed E-state index contributed by atoms with van der Waals surface area (Å²) in [7, 11) is 0. The maximum Gasteiger partial charge on any atom is 0.252 e. The lowest BCUT2D eigenvalue weighted by Crippen LogP contribution is -2.26. The van der Waals surface area contributed by atoms with Crippen LogP contribution in [0.25, 0.3) is 0 Å². The molecule has 5 heteroatoms. The lowest BCUT2D eigenvalue weighted by Gasteiger charge is -2.08. The maximum atomic E-state index is 13.4. The van der Waals surface area contributed by atoms with Gasteiger partial charge in [0.2, 0.25) is 0 Å². The van der Waals surface area contributed by atoms with Crippen LogP contribution >= 0.6 is 15.9 Å². The number of anilines is 1. The lowest BCUT2D eigenvalue weighted by molar-refractivity contribution is 0.0953. The normalized spacial score (nSPS) is 10.3. The summed E-state index contributed by atoms with van der Waals surface area (Å²) in [6, 6.07) is 11.6. The summed E-state index contributed by atoms with van der Waals surface area (Å²) in [5, 5.41) is 2.75. The Morgan fingerprint density at radius 1 is 1.20 bits per heavy atom. The van der Waals surface area contributed by atoms with E-state index in [0.29, 0.717) is 34.3 Å². The van der Waals surface area contributed by atoms with Gasteiger partial charge in [0.25, 0.3) is 5.91 Å². The quantitative estimate of drug-likeness (QED) is 0.842. The summed E-state index contributed by atoms with van der Waals surface area (Å²) in [5.41, 5.74) is 7.28. The van der Waals surface area contributed by atoms with Crippen molar-refractivity contribution in [1.82, 2.24) is 5.32 Å². The first-order valence-corrected chi connectivity index (χ1v) is 6.94. The van der Waals surface area contributed by atoms with E-state index in [2.05, 4.69) is 21.2 Å². The molecule has 0 saturated carbocycles. The number of rotatable bonds is 4. The van der Waals surface area contributed by atoms with E-state index in [1.807, 2.05) is 0 Å². The molecule has 0 saturated heterocycles. The molecule has 0 unspecified atom stereocenters. The van der Waals surface area contributed by atoms with E-state index < -0.39 is 0 Å². The molecule has 0 atom stereocenters. The SMILES string of the molecule is Nc1cccc(C(=O)NCCc2ccccc2F)c1Br. The summed E-state index contributed by atoms with van der Waals surface area (Å²) in [6.07, 6.45) is 0.443. The Labute approximate surface area is 125 Å². The van der Waals surface area contributed by atoms with Crippen LogP contribution in [-0.2, 0) is 6.42 Å². The number of carbonyl (C=O) groups excluding carboxylic acids is 1. The van der Waals surface area contributed by atoms with Crippen LogP contribution < -0.4 is 11.1 Å². The molecule has 0 aromatic heterocycles. The minimum Gasteiger partial charge on any atom is -0.398 e. The smallest absolute Gasteiger partial charge is 0.252 e. The number of nitrogens with one attached hydrogen (secondary N) is 1. The van der Waals surface area contributed by atoms with Crippen molar-refractivity contribution in [1.29, 1.82) is 0 Å². The predicted octanol–water partition coefficient (Wildman–Crippen LogP) is 3.14. The minimum atomic E-state index is -0.258. The van der Waals surface area contributed by atoms with Crippen LogP contribution in [-0.4, -0.2) is 12.5 Å². The van der Waals surface area contributed by atoms with Crippen LogP contribution in [0.5, 0.6) is 0 Å². The second-order valence-corrected chi connectivity index (χ2v) is 5.10. The largest absolute Gasteiger partial charge is 0.398 e. The van der Waals surface area contributed by atoms with Gasteiger partial charge in [-0.15, -0.1) is 0 Å². The van der Waals surface area contributed by atoms with Crippen LogP contribution in [0.15, 0.2) is 46.9 Å². The van der Waals surface area contributed by atoms with E-state index in [9.17, 15) is 9.18 Å². The highest BCUT2D eigenvalue weighted by Crippen LogP contribution is 2.23.